The van der Waals surface area contributed by atoms with E-state index >= 15 is 0 Å². The number of ether oxygens (including phenoxy) is 1. The predicted octanol–water partition coefficient (Wildman–Crippen LogP) is 1.39. The Kier molecular flexibility index (Phi) is 5.25. The zero-order chi connectivity index (χ0) is 10.9. The molecule has 2 N–H and O–H groups in total. The van der Waals surface area contributed by atoms with Crippen molar-refractivity contribution in [2.45, 2.75) is 6.42 Å². The van der Waals surface area contributed by atoms with Crippen molar-refractivity contribution in [3.63, 3.8) is 0 Å². The normalized spacial score (nSPS) is 10.5. The van der Waals surface area contributed by atoms with Gasteiger partial charge in [0, 0.05) is 0 Å². The average Bonchev–Trinajstić information content (AvgIpc) is 2.28. The van der Waals surface area contributed by atoms with Crippen LogP contribution in [0.1, 0.15) is 12.0 Å². The molecule has 15 heavy (non-hydrogen) atoms. The third kappa shape index (κ3) is 4.46. The minimum Gasteiger partial charge on any atom is -0.494 e. The van der Waals surface area contributed by atoms with Crippen molar-refractivity contribution < 1.29 is 9.57 Å². The van der Waals surface area contributed by atoms with Crippen LogP contribution in [0.5, 0.6) is 5.75 Å². The Balaban J connectivity index is 2.45. The zero-order valence-corrected chi connectivity index (χ0v) is 8.85. The quantitative estimate of drug-likeness (QED) is 0.436. The Labute approximate surface area is 89.7 Å². The molecule has 4 heteroatoms. The molecule has 0 spiro atoms. The number of rotatable bonds is 6. The van der Waals surface area contributed by atoms with Crippen LogP contribution in [0.15, 0.2) is 29.4 Å². The SMILES string of the molecule is CO/N=C/c1ccc(OCCCN)cc1. The van der Waals surface area contributed by atoms with Crippen LogP contribution in [0, 0.1) is 0 Å². The Morgan fingerprint density at radius 3 is 2.67 bits per heavy atom. The van der Waals surface area contributed by atoms with Gasteiger partial charge in [0.15, 0.2) is 0 Å². The molecule has 0 fully saturated rings. The number of nitrogens with zero attached hydrogens (tertiary/aromatic N) is 1. The Morgan fingerprint density at radius 1 is 1.33 bits per heavy atom. The maximum absolute atomic E-state index is 5.45. The third-order valence-corrected chi connectivity index (χ3v) is 1.80. The average molecular weight is 208 g/mol. The first-order valence-electron chi connectivity index (χ1n) is 4.86. The van der Waals surface area contributed by atoms with E-state index in [0.717, 1.165) is 17.7 Å². The maximum Gasteiger partial charge on any atom is 0.119 e. The van der Waals surface area contributed by atoms with Gasteiger partial charge in [-0.15, -0.1) is 0 Å². The van der Waals surface area contributed by atoms with E-state index < -0.39 is 0 Å². The van der Waals surface area contributed by atoms with Gasteiger partial charge in [0.2, 0.25) is 0 Å². The van der Waals surface area contributed by atoms with E-state index in [1.54, 1.807) is 6.21 Å². The van der Waals surface area contributed by atoms with Crippen molar-refractivity contribution in [3.8, 4) is 5.75 Å². The zero-order valence-electron chi connectivity index (χ0n) is 8.85. The molecular formula is C11H16N2O2. The highest BCUT2D eigenvalue weighted by molar-refractivity contribution is 5.79. The molecule has 1 rings (SSSR count). The van der Waals surface area contributed by atoms with Crippen LogP contribution in [0.3, 0.4) is 0 Å². The van der Waals surface area contributed by atoms with Gasteiger partial charge in [-0.05, 0) is 42.8 Å². The fourth-order valence-corrected chi connectivity index (χ4v) is 1.04. The summed E-state index contributed by atoms with van der Waals surface area (Å²) in [4.78, 5) is 4.58. The van der Waals surface area contributed by atoms with Crippen molar-refractivity contribution in [2.24, 2.45) is 10.9 Å². The second-order valence-corrected chi connectivity index (χ2v) is 2.98. The summed E-state index contributed by atoms with van der Waals surface area (Å²) < 4.78 is 5.45. The minimum atomic E-state index is 0.651. The molecule has 1 aromatic rings. The van der Waals surface area contributed by atoms with Gasteiger partial charge in [-0.25, -0.2) is 0 Å². The lowest BCUT2D eigenvalue weighted by atomic mass is 10.2. The maximum atomic E-state index is 5.45. The molecule has 0 radical (unpaired) electrons. The van der Waals surface area contributed by atoms with Crippen LogP contribution in [0.2, 0.25) is 0 Å². The highest BCUT2D eigenvalue weighted by Crippen LogP contribution is 2.11. The number of oxime groups is 1. The summed E-state index contributed by atoms with van der Waals surface area (Å²) in [6, 6.07) is 7.63. The molecule has 0 heterocycles. The molecule has 0 amide bonds. The second kappa shape index (κ2) is 6.84. The van der Waals surface area contributed by atoms with Crippen LogP contribution in [-0.4, -0.2) is 26.5 Å². The van der Waals surface area contributed by atoms with E-state index in [2.05, 4.69) is 9.99 Å². The van der Waals surface area contributed by atoms with E-state index in [0.29, 0.717) is 13.2 Å². The van der Waals surface area contributed by atoms with Gasteiger partial charge in [-0.1, -0.05) is 5.16 Å². The van der Waals surface area contributed by atoms with Crippen LogP contribution in [0.25, 0.3) is 0 Å². The fraction of sp³-hybridized carbons (Fsp3) is 0.364. The first kappa shape index (κ1) is 11.5. The Bertz CT molecular complexity index is 296. The lowest BCUT2D eigenvalue weighted by Gasteiger charge is -2.04. The molecule has 0 aliphatic carbocycles. The monoisotopic (exact) mass is 208 g/mol. The van der Waals surface area contributed by atoms with Gasteiger partial charge in [0.1, 0.15) is 12.9 Å². The summed E-state index contributed by atoms with van der Waals surface area (Å²) in [7, 11) is 1.51. The predicted molar refractivity (Wildman–Crippen MR) is 60.2 cm³/mol. The molecule has 0 saturated heterocycles. The highest BCUT2D eigenvalue weighted by atomic mass is 16.6. The van der Waals surface area contributed by atoms with Gasteiger partial charge in [0.05, 0.1) is 12.8 Å². The lowest BCUT2D eigenvalue weighted by Crippen LogP contribution is -2.05. The van der Waals surface area contributed by atoms with Gasteiger partial charge < -0.3 is 15.3 Å². The number of benzene rings is 1. The van der Waals surface area contributed by atoms with Crippen molar-refractivity contribution >= 4 is 6.21 Å². The first-order chi connectivity index (χ1) is 7.36. The van der Waals surface area contributed by atoms with Crippen LogP contribution >= 0.6 is 0 Å². The number of hydrogen-bond acceptors (Lipinski definition) is 4. The van der Waals surface area contributed by atoms with E-state index in [1.807, 2.05) is 24.3 Å². The van der Waals surface area contributed by atoms with Crippen LogP contribution in [0.4, 0.5) is 0 Å². The van der Waals surface area contributed by atoms with E-state index in [-0.39, 0.29) is 0 Å². The summed E-state index contributed by atoms with van der Waals surface area (Å²) in [5.74, 6) is 0.845. The summed E-state index contributed by atoms with van der Waals surface area (Å²) >= 11 is 0. The molecular weight excluding hydrogens is 192 g/mol. The molecule has 0 saturated carbocycles. The largest absolute Gasteiger partial charge is 0.494 e. The molecule has 1 aromatic carbocycles. The molecule has 0 bridgehead atoms. The van der Waals surface area contributed by atoms with Crippen LogP contribution < -0.4 is 10.5 Å². The van der Waals surface area contributed by atoms with Gasteiger partial charge >= 0.3 is 0 Å². The molecule has 0 aliphatic rings. The molecule has 0 unspecified atom stereocenters. The molecule has 0 aromatic heterocycles. The summed E-state index contributed by atoms with van der Waals surface area (Å²) in [5.41, 5.74) is 6.34. The number of hydrogen-bond donors (Lipinski definition) is 1. The van der Waals surface area contributed by atoms with Crippen molar-refractivity contribution in [2.75, 3.05) is 20.3 Å². The van der Waals surface area contributed by atoms with Crippen molar-refractivity contribution in [3.05, 3.63) is 29.8 Å². The van der Waals surface area contributed by atoms with E-state index in [9.17, 15) is 0 Å². The fourth-order valence-electron chi connectivity index (χ4n) is 1.04. The topological polar surface area (TPSA) is 56.8 Å². The van der Waals surface area contributed by atoms with Crippen LogP contribution in [-0.2, 0) is 4.84 Å². The summed E-state index contributed by atoms with van der Waals surface area (Å²) in [6.07, 6.45) is 2.51. The van der Waals surface area contributed by atoms with E-state index in [4.69, 9.17) is 10.5 Å². The van der Waals surface area contributed by atoms with Gasteiger partial charge in [-0.3, -0.25) is 0 Å². The Morgan fingerprint density at radius 2 is 2.07 bits per heavy atom. The molecule has 0 aliphatic heterocycles. The van der Waals surface area contributed by atoms with Crippen molar-refractivity contribution in [1.29, 1.82) is 0 Å². The smallest absolute Gasteiger partial charge is 0.119 e. The summed E-state index contributed by atoms with van der Waals surface area (Å²) in [6.45, 7) is 1.31. The highest BCUT2D eigenvalue weighted by Gasteiger charge is 1.93. The van der Waals surface area contributed by atoms with Crippen molar-refractivity contribution in [1.82, 2.24) is 0 Å². The second-order valence-electron chi connectivity index (χ2n) is 2.98. The molecule has 4 nitrogen and oxygen atoms in total. The number of nitrogens with two attached hydrogens (primary N) is 1. The van der Waals surface area contributed by atoms with E-state index in [1.165, 1.54) is 7.11 Å². The standard InChI is InChI=1S/C11H16N2O2/c1-14-13-9-10-3-5-11(6-4-10)15-8-2-7-12/h3-6,9H,2,7-8,12H2,1H3/b13-9+. The molecule has 0 atom stereocenters. The minimum absolute atomic E-state index is 0.651. The van der Waals surface area contributed by atoms with Gasteiger partial charge in [-0.2, -0.15) is 0 Å². The Hall–Kier alpha value is -1.55. The lowest BCUT2D eigenvalue weighted by molar-refractivity contribution is 0.215. The summed E-state index contributed by atoms with van der Waals surface area (Å²) in [5, 5.41) is 3.66. The molecule has 82 valence electrons. The third-order valence-electron chi connectivity index (χ3n) is 1.80. The first-order valence-corrected chi connectivity index (χ1v) is 4.86. The van der Waals surface area contributed by atoms with Gasteiger partial charge in [0.25, 0.3) is 0 Å².